The highest BCUT2D eigenvalue weighted by molar-refractivity contribution is 5.22. The second kappa shape index (κ2) is 10.4. The summed E-state index contributed by atoms with van der Waals surface area (Å²) in [6, 6.07) is 0. The first kappa shape index (κ1) is 14.9. The van der Waals surface area contributed by atoms with E-state index in [4.69, 9.17) is 9.47 Å². The van der Waals surface area contributed by atoms with Gasteiger partial charge >= 0.3 is 0 Å². The molecule has 90 valence electrons. The maximum atomic E-state index is 5.43. The summed E-state index contributed by atoms with van der Waals surface area (Å²) in [4.78, 5) is 0. The predicted molar refractivity (Wildman–Crippen MR) is 69.5 cm³/mol. The van der Waals surface area contributed by atoms with E-state index in [0.29, 0.717) is 19.3 Å². The summed E-state index contributed by atoms with van der Waals surface area (Å²) >= 11 is 0. The quantitative estimate of drug-likeness (QED) is 0.391. The maximum absolute atomic E-state index is 5.43. The van der Waals surface area contributed by atoms with Crippen molar-refractivity contribution in [3.63, 3.8) is 0 Å². The van der Waals surface area contributed by atoms with Crippen LogP contribution in [0, 0.1) is 0 Å². The average Bonchev–Trinajstić information content (AvgIpc) is 3.03. The van der Waals surface area contributed by atoms with Crippen LogP contribution in [0.5, 0.6) is 0 Å². The van der Waals surface area contributed by atoms with Crippen LogP contribution in [0.25, 0.3) is 0 Å². The van der Waals surface area contributed by atoms with Gasteiger partial charge in [-0.15, -0.1) is 6.58 Å². The maximum Gasteiger partial charge on any atom is 0.104 e. The van der Waals surface area contributed by atoms with Gasteiger partial charge in [0.15, 0.2) is 0 Å². The number of rotatable bonds is 6. The van der Waals surface area contributed by atoms with Crippen LogP contribution in [0.3, 0.4) is 0 Å². The van der Waals surface area contributed by atoms with E-state index in [9.17, 15) is 0 Å². The van der Waals surface area contributed by atoms with Crippen molar-refractivity contribution in [1.82, 2.24) is 0 Å². The number of hydrogen-bond acceptors (Lipinski definition) is 2. The molecule has 1 fully saturated rings. The summed E-state index contributed by atoms with van der Waals surface area (Å²) in [5, 5.41) is 0. The lowest BCUT2D eigenvalue weighted by Gasteiger charge is -2.01. The Hall–Kier alpha value is -1.12. The van der Waals surface area contributed by atoms with E-state index < -0.39 is 0 Å². The third kappa shape index (κ3) is 9.44. The van der Waals surface area contributed by atoms with Crippen molar-refractivity contribution in [2.75, 3.05) is 19.8 Å². The Morgan fingerprint density at radius 3 is 2.50 bits per heavy atom. The molecule has 1 aliphatic rings. The Morgan fingerprint density at radius 1 is 1.44 bits per heavy atom. The first-order chi connectivity index (χ1) is 7.78. The minimum Gasteiger partial charge on any atom is -0.374 e. The molecule has 0 N–H and O–H groups in total. The number of allylic oxidation sites excluding steroid dienone is 4. The van der Waals surface area contributed by atoms with Crippen LogP contribution >= 0.6 is 0 Å². The molecule has 0 aliphatic carbocycles. The number of epoxide rings is 1. The zero-order valence-corrected chi connectivity index (χ0v) is 10.3. The van der Waals surface area contributed by atoms with Crippen molar-refractivity contribution in [1.29, 1.82) is 0 Å². The summed E-state index contributed by atoms with van der Waals surface area (Å²) in [7, 11) is 0. The lowest BCUT2D eigenvalue weighted by Crippen LogP contribution is -2.03. The molecule has 0 aromatic carbocycles. The molecule has 1 rings (SSSR count). The molecule has 2 heteroatoms. The standard InChI is InChI=1S/C11H16O2.C3H6/c1-3-5-10(6-4-2)7-12-8-11-9-13-11;1-3-2/h3-6,11H,1,7-9H2,2H3;3H,1H2,2H3/b6-4-,10-5+;. The highest BCUT2D eigenvalue weighted by Crippen LogP contribution is 2.09. The summed E-state index contributed by atoms with van der Waals surface area (Å²) < 4.78 is 10.5. The van der Waals surface area contributed by atoms with E-state index in [-0.39, 0.29) is 0 Å². The Bertz CT molecular complexity index is 247. The van der Waals surface area contributed by atoms with Gasteiger partial charge in [-0.25, -0.2) is 0 Å². The van der Waals surface area contributed by atoms with Crippen LogP contribution in [0.4, 0.5) is 0 Å². The fourth-order valence-electron chi connectivity index (χ4n) is 0.990. The molecule has 0 aromatic rings. The highest BCUT2D eigenvalue weighted by Gasteiger charge is 2.22. The van der Waals surface area contributed by atoms with Gasteiger partial charge < -0.3 is 9.47 Å². The predicted octanol–water partition coefficient (Wildman–Crippen LogP) is 3.28. The molecule has 16 heavy (non-hydrogen) atoms. The molecule has 0 spiro atoms. The lowest BCUT2D eigenvalue weighted by molar-refractivity contribution is 0.137. The molecule has 0 saturated carbocycles. The zero-order chi connectivity index (χ0) is 12.2. The second-order valence-corrected chi connectivity index (χ2v) is 3.36. The van der Waals surface area contributed by atoms with E-state index in [2.05, 4.69) is 13.2 Å². The van der Waals surface area contributed by atoms with Crippen LogP contribution in [-0.2, 0) is 9.47 Å². The van der Waals surface area contributed by atoms with E-state index in [1.54, 1.807) is 12.2 Å². The third-order valence-corrected chi connectivity index (χ3v) is 1.69. The lowest BCUT2D eigenvalue weighted by atomic mass is 10.2. The van der Waals surface area contributed by atoms with Crippen molar-refractivity contribution >= 4 is 0 Å². The van der Waals surface area contributed by atoms with Crippen molar-refractivity contribution in [3.05, 3.63) is 49.1 Å². The molecule has 0 radical (unpaired) electrons. The van der Waals surface area contributed by atoms with E-state index >= 15 is 0 Å². The molecule has 1 unspecified atom stereocenters. The number of hydrogen-bond donors (Lipinski definition) is 0. The van der Waals surface area contributed by atoms with Gasteiger partial charge in [0.05, 0.1) is 19.8 Å². The van der Waals surface area contributed by atoms with Gasteiger partial charge in [-0.1, -0.05) is 37.0 Å². The van der Waals surface area contributed by atoms with Gasteiger partial charge in [0, 0.05) is 0 Å². The second-order valence-electron chi connectivity index (χ2n) is 3.36. The van der Waals surface area contributed by atoms with Crippen LogP contribution < -0.4 is 0 Å². The number of ether oxygens (including phenoxy) is 2. The Labute approximate surface area is 99.0 Å². The van der Waals surface area contributed by atoms with Gasteiger partial charge in [-0.2, -0.15) is 0 Å². The summed E-state index contributed by atoms with van der Waals surface area (Å²) in [6.45, 7) is 13.1. The van der Waals surface area contributed by atoms with Crippen LogP contribution in [-0.4, -0.2) is 25.9 Å². The first-order valence-electron chi connectivity index (χ1n) is 5.49. The molecular weight excluding hydrogens is 200 g/mol. The molecule has 0 aromatic heterocycles. The van der Waals surface area contributed by atoms with E-state index in [1.807, 2.05) is 32.1 Å². The minimum atomic E-state index is 0.343. The van der Waals surface area contributed by atoms with Crippen molar-refractivity contribution in [2.45, 2.75) is 20.0 Å². The monoisotopic (exact) mass is 222 g/mol. The largest absolute Gasteiger partial charge is 0.374 e. The summed E-state index contributed by atoms with van der Waals surface area (Å²) in [5.74, 6) is 0. The fraction of sp³-hybridized carbons (Fsp3) is 0.429. The van der Waals surface area contributed by atoms with E-state index in [1.165, 1.54) is 0 Å². The van der Waals surface area contributed by atoms with Gasteiger partial charge in [-0.3, -0.25) is 0 Å². The molecule has 1 saturated heterocycles. The smallest absolute Gasteiger partial charge is 0.104 e. The fourth-order valence-corrected chi connectivity index (χ4v) is 0.990. The average molecular weight is 222 g/mol. The SMILES string of the molecule is C=C/C=C(\C=C/C)COCC1CO1.C=CC. The molecule has 0 amide bonds. The topological polar surface area (TPSA) is 21.8 Å². The van der Waals surface area contributed by atoms with Gasteiger partial charge in [0.25, 0.3) is 0 Å². The van der Waals surface area contributed by atoms with Gasteiger partial charge in [0.2, 0.25) is 0 Å². The Kier molecular flexibility index (Phi) is 9.67. The van der Waals surface area contributed by atoms with Crippen LogP contribution in [0.2, 0.25) is 0 Å². The van der Waals surface area contributed by atoms with Gasteiger partial charge in [0.1, 0.15) is 6.10 Å². The molecule has 1 aliphatic heterocycles. The third-order valence-electron chi connectivity index (χ3n) is 1.69. The minimum absolute atomic E-state index is 0.343. The summed E-state index contributed by atoms with van der Waals surface area (Å²) in [5.41, 5.74) is 1.14. The van der Waals surface area contributed by atoms with Crippen molar-refractivity contribution in [2.24, 2.45) is 0 Å². The normalized spacial score (nSPS) is 18.9. The van der Waals surface area contributed by atoms with Gasteiger partial charge in [-0.05, 0) is 19.4 Å². The molecular formula is C14H22O2. The molecule has 2 nitrogen and oxygen atoms in total. The highest BCUT2D eigenvalue weighted by atomic mass is 16.6. The Morgan fingerprint density at radius 2 is 2.06 bits per heavy atom. The summed E-state index contributed by atoms with van der Waals surface area (Å²) in [6.07, 6.45) is 9.83. The zero-order valence-electron chi connectivity index (χ0n) is 10.3. The van der Waals surface area contributed by atoms with Crippen LogP contribution in [0.15, 0.2) is 49.1 Å². The molecule has 1 heterocycles. The van der Waals surface area contributed by atoms with E-state index in [0.717, 1.165) is 12.2 Å². The first-order valence-corrected chi connectivity index (χ1v) is 5.49. The van der Waals surface area contributed by atoms with Crippen LogP contribution in [0.1, 0.15) is 13.8 Å². The molecule has 0 bridgehead atoms. The molecule has 1 atom stereocenters. The Balaban J connectivity index is 0.000000673. The van der Waals surface area contributed by atoms with Crippen molar-refractivity contribution in [3.8, 4) is 0 Å². The van der Waals surface area contributed by atoms with Crippen molar-refractivity contribution < 1.29 is 9.47 Å².